The van der Waals surface area contributed by atoms with Gasteiger partial charge in [-0.3, -0.25) is 35.2 Å². The molecule has 0 atom stereocenters. The topological polar surface area (TPSA) is 329 Å². The average molecular weight is 1740 g/mol. The van der Waals surface area contributed by atoms with Gasteiger partial charge in [0, 0.05) is 98.3 Å². The molecule has 6 aliphatic heterocycles. The van der Waals surface area contributed by atoms with Gasteiger partial charge in [-0.1, -0.05) is 129 Å². The number of allylic oxidation sites excluding steroid dienone is 1. The number of halogens is 3. The normalized spacial score (nSPS) is 15.7. The van der Waals surface area contributed by atoms with E-state index in [4.69, 9.17) is 54.1 Å². The Kier molecular flexibility index (Phi) is 28.6. The number of amidine groups is 2. The molecule has 0 bridgehead atoms. The standard InChI is InChI=1S/C24H15ClFN3OS2.C22H15N3O3.C20H18ClN5O3S.C20H19N3O3S2.2CH4/c25-16-7-11-18(12-8-16)31-14-21-19(13-15-5-9-17(26)10-6-15)23(30)29(28-21)24-27-20-3-1-2-4-22(20)32-24;1-25(27)16-6-8-21(26)18(12-16)22-9-7-17(28-22)10-15(13-23)20-11-14-4-2-3-5-19(14)24-20;1-2-3-4-17-24-26-18(22)14(19(27)23-20(26)30-17)10-12-6-8-16(29-12)13-7-5-11(25-28)9-15(13)21;1-22(25)16-11-13(5-7-15(16)23-9-3-2-4-10-23)17-8-6-14(26-17)12-18-19(24)21-20(27)28-18;;/h1-13H,14H2;2-10,12H,1,11H2,(H-,24,26,27);5-10,22H,2-4,25H2,1H3;5-8,11-12H,1-4,9-10H2,(H-,21,24,25,27);2*1H4/p+2/b19-13+;;14-10-,22-18?;18-12-;;. The van der Waals surface area contributed by atoms with Crippen molar-refractivity contribution in [2.24, 2.45) is 20.2 Å². The molecular formula is C88H77Cl2FN14O10S5+2. The number of anilines is 2. The molecule has 6 aliphatic rings. The summed E-state index contributed by atoms with van der Waals surface area (Å²) in [5.41, 5.74) is 10.9. The lowest BCUT2D eigenvalue weighted by molar-refractivity contribution is -0.706. The smallest absolute Gasteiger partial charge is 0.283 e. The number of phenolic OH excluding ortho intramolecular Hbond substituents is 1. The second-order valence-electron chi connectivity index (χ2n) is 26.7. The van der Waals surface area contributed by atoms with E-state index >= 15 is 0 Å². The van der Waals surface area contributed by atoms with Crippen LogP contribution in [0, 0.1) is 27.8 Å². The van der Waals surface area contributed by atoms with Gasteiger partial charge in [-0.15, -0.1) is 11.8 Å². The van der Waals surface area contributed by atoms with Crippen LogP contribution in [0.25, 0.3) is 68.5 Å². The number of thioether (sulfide) groups is 3. The molecule has 10 heterocycles. The van der Waals surface area contributed by atoms with Crippen molar-refractivity contribution in [1.82, 2.24) is 15.3 Å². The highest BCUT2D eigenvalue weighted by molar-refractivity contribution is 8.27. The van der Waals surface area contributed by atoms with Gasteiger partial charge in [0.1, 0.15) is 72.9 Å². The van der Waals surface area contributed by atoms with Crippen molar-refractivity contribution in [2.45, 2.75) is 71.6 Å². The molecule has 24 nitrogen and oxygen atoms in total. The number of nitrogens with two attached hydrogens (primary N) is 1. The maximum absolute atomic E-state index is 13.3. The van der Waals surface area contributed by atoms with E-state index in [0.29, 0.717) is 132 Å². The van der Waals surface area contributed by atoms with Crippen molar-refractivity contribution in [3.05, 3.63) is 259 Å². The van der Waals surface area contributed by atoms with E-state index in [1.54, 1.807) is 96.7 Å². The highest BCUT2D eigenvalue weighted by atomic mass is 35.5. The number of fused-ring (bicyclic) bond motifs is 3. The highest BCUT2D eigenvalue weighted by Gasteiger charge is 2.37. The number of piperidine rings is 1. The largest absolute Gasteiger partial charge is 0.630 e. The van der Waals surface area contributed by atoms with Crippen molar-refractivity contribution in [1.29, 1.82) is 10.7 Å². The third-order valence-corrected chi connectivity index (χ3v) is 23.3. The number of hydrogen-bond acceptors (Lipinski definition) is 22. The van der Waals surface area contributed by atoms with E-state index in [2.05, 4.69) is 61.8 Å². The predicted octanol–water partition coefficient (Wildman–Crippen LogP) is 20.8. The van der Waals surface area contributed by atoms with Crippen molar-refractivity contribution < 1.29 is 62.5 Å². The first-order valence-electron chi connectivity index (χ1n) is 36.6. The van der Waals surface area contributed by atoms with Gasteiger partial charge in [-0.25, -0.2) is 9.37 Å². The number of aromatic hydroxyl groups is 1. The summed E-state index contributed by atoms with van der Waals surface area (Å²) >= 11 is 22.7. The summed E-state index contributed by atoms with van der Waals surface area (Å²) in [6, 6.07) is 56.9. The van der Waals surface area contributed by atoms with Crippen LogP contribution in [0.4, 0.5) is 38.0 Å². The minimum atomic E-state index is -0.503. The quantitative estimate of drug-likeness (QED) is 0.00504. The van der Waals surface area contributed by atoms with Crippen LogP contribution < -0.4 is 20.7 Å². The SMILES string of the molecule is C.C.C=[N+](O)c1cc(-c2ccc(/C=C3\SC(=S)NC3=O)o2)ccc1N1CCCCC1.C=[N+](O)c1ccc(O)c(-c2ccc(/C=C(\C#N)C3=Nc4ccccc4C3)o2)c1.CCCCC1=NN2C(=N)/C(=C/c3ccc(-c4ccc([NH2+][O-])cc4Cl)o3)C(=O)N=C2S1.O=C1/C(=C/c2ccc(F)cc2)C(CSc2ccc(Cl)cc2)=NN1c1nc2ccccc2s1. The van der Waals surface area contributed by atoms with Crippen LogP contribution in [0.5, 0.6) is 5.75 Å². The van der Waals surface area contributed by atoms with E-state index in [1.165, 1.54) is 81.6 Å². The van der Waals surface area contributed by atoms with Crippen LogP contribution in [0.15, 0.2) is 248 Å². The van der Waals surface area contributed by atoms with Gasteiger partial charge in [0.05, 0.1) is 59.5 Å². The molecule has 0 spiro atoms. The molecule has 7 N–H and O–H groups in total. The van der Waals surface area contributed by atoms with Crippen molar-refractivity contribution in [3.8, 4) is 45.8 Å². The second kappa shape index (κ2) is 39.4. The van der Waals surface area contributed by atoms with E-state index in [9.17, 15) is 44.8 Å². The molecule has 2 fully saturated rings. The molecule has 0 saturated carbocycles. The highest BCUT2D eigenvalue weighted by Crippen LogP contribution is 2.41. The molecule has 2 saturated heterocycles. The van der Waals surface area contributed by atoms with Crippen molar-refractivity contribution >= 4 is 213 Å². The number of amides is 3. The fraction of sp³-hybridized carbons (Fsp3) is 0.148. The van der Waals surface area contributed by atoms with E-state index in [-0.39, 0.29) is 49.6 Å². The van der Waals surface area contributed by atoms with Crippen LogP contribution in [0.1, 0.15) is 88.7 Å². The van der Waals surface area contributed by atoms with E-state index in [0.717, 1.165) is 104 Å². The molecule has 0 aliphatic carbocycles. The molecular weight excluding hydrogens is 1660 g/mol. The number of nitrogens with one attached hydrogen (secondary N) is 2. The number of thiocarbonyl (C=S) groups is 1. The Morgan fingerprint density at radius 2 is 1.48 bits per heavy atom. The van der Waals surface area contributed by atoms with Gasteiger partial charge in [-0.2, -0.15) is 30.5 Å². The Morgan fingerprint density at radius 1 is 0.775 bits per heavy atom. The molecule has 11 aromatic rings. The number of rotatable bonds is 19. The molecule has 7 aromatic carbocycles. The Balaban J connectivity index is 0.000000146. The summed E-state index contributed by atoms with van der Waals surface area (Å²) in [6.45, 7) is 11.1. The number of nitrogens with zero attached hydrogens (tertiary/aromatic N) is 11. The van der Waals surface area contributed by atoms with Crippen LogP contribution in [0.3, 0.4) is 0 Å². The van der Waals surface area contributed by atoms with Crippen molar-refractivity contribution in [2.75, 3.05) is 28.8 Å². The van der Waals surface area contributed by atoms with E-state index in [1.807, 2.05) is 97.1 Å². The van der Waals surface area contributed by atoms with Gasteiger partial charge in [-0.05, 0) is 182 Å². The first-order chi connectivity index (χ1) is 57.1. The number of thiazole rings is 1. The zero-order valence-corrected chi connectivity index (χ0v) is 68.2. The lowest BCUT2D eigenvalue weighted by Gasteiger charge is -2.28. The Hall–Kier alpha value is -12.4. The molecule has 0 unspecified atom stereocenters. The molecule has 32 heteroatoms. The number of aromatic nitrogens is 1. The summed E-state index contributed by atoms with van der Waals surface area (Å²) in [4.78, 5) is 54.6. The number of hydrogen-bond donors (Lipinski definition) is 6. The summed E-state index contributed by atoms with van der Waals surface area (Å²) in [5.74, 6) is 2.12. The minimum Gasteiger partial charge on any atom is -0.630 e. The monoisotopic (exact) mass is 1740 g/mol. The number of unbranched alkanes of at least 4 members (excludes halogenated alkanes) is 1. The number of para-hydroxylation sites is 2. The molecule has 0 radical (unpaired) electrons. The van der Waals surface area contributed by atoms with Gasteiger partial charge >= 0.3 is 0 Å². The number of furan rings is 3. The lowest BCUT2D eigenvalue weighted by Crippen LogP contribution is -2.70. The molecule has 4 aromatic heterocycles. The second-order valence-corrected chi connectivity index (χ2v) is 32.4. The number of carbonyl (C=O) groups is 3. The van der Waals surface area contributed by atoms with Crippen LogP contribution in [0.2, 0.25) is 10.0 Å². The summed E-state index contributed by atoms with van der Waals surface area (Å²) in [5, 5.41) is 75.7. The Labute approximate surface area is 721 Å². The third kappa shape index (κ3) is 20.6. The van der Waals surface area contributed by atoms with Crippen molar-refractivity contribution in [3.63, 3.8) is 0 Å². The lowest BCUT2D eigenvalue weighted by atomic mass is 10.0. The summed E-state index contributed by atoms with van der Waals surface area (Å²) in [6.07, 6.45) is 13.5. The molecule has 120 heavy (non-hydrogen) atoms. The third-order valence-electron chi connectivity index (χ3n) is 18.6. The molecule has 608 valence electrons. The number of quaternary nitrogens is 1. The number of carbonyl (C=O) groups excluding carboxylic acids is 3. The molecule has 17 rings (SSSR count). The van der Waals surface area contributed by atoms with Gasteiger partial charge in [0.15, 0.2) is 19.3 Å². The van der Waals surface area contributed by atoms with Crippen LogP contribution >= 0.6 is 82.0 Å². The van der Waals surface area contributed by atoms with Crippen LogP contribution in [-0.4, -0.2) is 117 Å². The van der Waals surface area contributed by atoms with Gasteiger partial charge < -0.3 is 39.3 Å². The zero-order valence-electron chi connectivity index (χ0n) is 62.6. The van der Waals surface area contributed by atoms with Gasteiger partial charge in [0.25, 0.3) is 29.1 Å². The Bertz CT molecular complexity index is 6120. The number of nitriles is 1. The number of phenols is 1. The number of benzene rings is 7. The minimum absolute atomic E-state index is 0. The first kappa shape index (κ1) is 86.9. The summed E-state index contributed by atoms with van der Waals surface area (Å²) in [7, 11) is 0. The fourth-order valence-corrected chi connectivity index (χ4v) is 16.8. The summed E-state index contributed by atoms with van der Waals surface area (Å²) < 4.78 is 33.9. The maximum Gasteiger partial charge on any atom is 0.283 e. The average Bonchev–Trinajstić information content (AvgIpc) is 1.63. The number of hydrazone groups is 2. The predicted molar refractivity (Wildman–Crippen MR) is 484 cm³/mol. The van der Waals surface area contributed by atoms with Crippen LogP contribution in [-0.2, 0) is 20.8 Å². The van der Waals surface area contributed by atoms with E-state index < -0.39 is 5.91 Å². The fourth-order valence-electron chi connectivity index (χ4n) is 12.7. The number of aliphatic imine (C=N–C) groups is 2. The Morgan fingerprint density at radius 3 is 2.18 bits per heavy atom. The first-order valence-corrected chi connectivity index (χ1v) is 41.2. The zero-order chi connectivity index (χ0) is 82.7. The molecule has 3 amide bonds. The maximum atomic E-state index is 13.3. The van der Waals surface area contributed by atoms with Gasteiger partial charge in [0.2, 0.25) is 10.3 Å².